The van der Waals surface area contributed by atoms with Crippen molar-refractivity contribution in [2.24, 2.45) is 5.73 Å². The lowest BCUT2D eigenvalue weighted by molar-refractivity contribution is -0.145. The van der Waals surface area contributed by atoms with E-state index < -0.39 is 26.2 Å². The molecule has 0 saturated carbocycles. The highest BCUT2D eigenvalue weighted by molar-refractivity contribution is 6.74. The monoisotopic (exact) mass is 482 g/mol. The van der Waals surface area contributed by atoms with E-state index in [0.717, 1.165) is 11.1 Å². The second-order valence-corrected chi connectivity index (χ2v) is 14.9. The van der Waals surface area contributed by atoms with Crippen molar-refractivity contribution < 1.29 is 23.5 Å². The van der Waals surface area contributed by atoms with Crippen molar-refractivity contribution in [2.45, 2.75) is 70.9 Å². The van der Waals surface area contributed by atoms with Crippen LogP contribution in [0.5, 0.6) is 5.75 Å². The minimum Gasteiger partial charge on any atom is -0.543 e. The second-order valence-electron chi connectivity index (χ2n) is 10.2. The topological polar surface area (TPSA) is 98.9 Å². The van der Waals surface area contributed by atoms with E-state index in [1.165, 1.54) is 4.90 Å². The molecule has 1 heterocycles. The first-order chi connectivity index (χ1) is 15.9. The summed E-state index contributed by atoms with van der Waals surface area (Å²) >= 11 is 0. The Morgan fingerprint density at radius 3 is 2.38 bits per heavy atom. The molecular weight excluding hydrogens is 448 g/mol. The maximum Gasteiger partial charge on any atom is 0.306 e. The number of hydrogen-bond acceptors (Lipinski definition) is 5. The van der Waals surface area contributed by atoms with Crippen molar-refractivity contribution in [3.63, 3.8) is 0 Å². The SMILES string of the molecule is CC(C)(C)[Si](C)(C)Oc1cccc2c1CN(C(CCC(=O)OCc1ccccc1)C(N)=O)C2=O. The highest BCUT2D eigenvalue weighted by atomic mass is 28.4. The molecule has 34 heavy (non-hydrogen) atoms. The Morgan fingerprint density at radius 2 is 1.76 bits per heavy atom. The van der Waals surface area contributed by atoms with Crippen LogP contribution >= 0.6 is 0 Å². The molecule has 3 rings (SSSR count). The zero-order chi connectivity index (χ0) is 25.1. The van der Waals surface area contributed by atoms with Gasteiger partial charge in [-0.1, -0.05) is 57.2 Å². The van der Waals surface area contributed by atoms with Gasteiger partial charge in [-0.3, -0.25) is 14.4 Å². The zero-order valence-electron chi connectivity index (χ0n) is 20.6. The van der Waals surface area contributed by atoms with Crippen molar-refractivity contribution >= 4 is 26.1 Å². The minimum atomic E-state index is -2.13. The molecule has 2 aromatic carbocycles. The molecular formula is C26H34N2O5Si. The molecule has 1 atom stereocenters. The van der Waals surface area contributed by atoms with E-state index in [-0.39, 0.29) is 36.9 Å². The van der Waals surface area contributed by atoms with E-state index in [0.29, 0.717) is 11.3 Å². The maximum atomic E-state index is 13.2. The molecule has 2 aromatic rings. The van der Waals surface area contributed by atoms with Crippen molar-refractivity contribution in [1.29, 1.82) is 0 Å². The normalized spacial score (nSPS) is 14.5. The van der Waals surface area contributed by atoms with Crippen molar-refractivity contribution in [1.82, 2.24) is 4.90 Å². The minimum absolute atomic E-state index is 0.00606. The van der Waals surface area contributed by atoms with Gasteiger partial charge >= 0.3 is 5.97 Å². The van der Waals surface area contributed by atoms with Gasteiger partial charge < -0.3 is 19.8 Å². The summed E-state index contributed by atoms with van der Waals surface area (Å²) in [4.78, 5) is 39.2. The fraction of sp³-hybridized carbons (Fsp3) is 0.423. The molecule has 2 amide bonds. The lowest BCUT2D eigenvalue weighted by Crippen LogP contribution is -2.45. The number of hydrogen-bond donors (Lipinski definition) is 1. The number of carbonyl (C=O) groups is 3. The average molecular weight is 483 g/mol. The first-order valence-corrected chi connectivity index (χ1v) is 14.4. The molecule has 0 fully saturated rings. The predicted molar refractivity (Wildman–Crippen MR) is 133 cm³/mol. The van der Waals surface area contributed by atoms with E-state index in [9.17, 15) is 14.4 Å². The molecule has 0 aliphatic carbocycles. The van der Waals surface area contributed by atoms with Gasteiger partial charge in [0, 0.05) is 17.5 Å². The first-order valence-electron chi connectivity index (χ1n) is 11.5. The molecule has 0 radical (unpaired) electrons. The number of ether oxygens (including phenoxy) is 1. The van der Waals surface area contributed by atoms with E-state index in [1.54, 1.807) is 12.1 Å². The van der Waals surface area contributed by atoms with E-state index >= 15 is 0 Å². The zero-order valence-corrected chi connectivity index (χ0v) is 21.6. The molecule has 0 spiro atoms. The van der Waals surface area contributed by atoms with Gasteiger partial charge in [0.25, 0.3) is 5.91 Å². The number of esters is 1. The van der Waals surface area contributed by atoms with Crippen LogP contribution in [-0.2, 0) is 27.5 Å². The fourth-order valence-corrected chi connectivity index (χ4v) is 4.67. The van der Waals surface area contributed by atoms with Crippen LogP contribution in [-0.4, -0.2) is 37.0 Å². The van der Waals surface area contributed by atoms with Crippen LogP contribution in [0, 0.1) is 0 Å². The third-order valence-corrected chi connectivity index (χ3v) is 11.0. The molecule has 0 aromatic heterocycles. The number of nitrogens with two attached hydrogens (primary N) is 1. The smallest absolute Gasteiger partial charge is 0.306 e. The summed E-state index contributed by atoms with van der Waals surface area (Å²) in [6.07, 6.45) is 0.0784. The van der Waals surface area contributed by atoms with Crippen molar-refractivity contribution in [3.8, 4) is 5.75 Å². The quantitative estimate of drug-likeness (QED) is 0.422. The summed E-state index contributed by atoms with van der Waals surface area (Å²) in [5, 5.41) is -0.00606. The van der Waals surface area contributed by atoms with Gasteiger partial charge in [-0.2, -0.15) is 0 Å². The van der Waals surface area contributed by atoms with Crippen LogP contribution in [0.4, 0.5) is 0 Å². The van der Waals surface area contributed by atoms with Gasteiger partial charge in [0.2, 0.25) is 14.2 Å². The average Bonchev–Trinajstić information content (AvgIpc) is 3.09. The molecule has 182 valence electrons. The number of nitrogens with zero attached hydrogens (tertiary/aromatic N) is 1. The number of rotatable bonds is 9. The fourth-order valence-electron chi connectivity index (χ4n) is 3.62. The van der Waals surface area contributed by atoms with Crippen LogP contribution in [0.1, 0.15) is 55.1 Å². The molecule has 7 nitrogen and oxygen atoms in total. The Bertz CT molecular complexity index is 1060. The first kappa shape index (κ1) is 25.5. The molecule has 1 aliphatic heterocycles. The van der Waals surface area contributed by atoms with Gasteiger partial charge in [0.15, 0.2) is 0 Å². The van der Waals surface area contributed by atoms with Gasteiger partial charge in [-0.05, 0) is 42.2 Å². The van der Waals surface area contributed by atoms with Gasteiger partial charge in [0.05, 0.1) is 6.54 Å². The molecule has 8 heteroatoms. The third kappa shape index (κ3) is 5.67. The van der Waals surface area contributed by atoms with Gasteiger partial charge in [-0.25, -0.2) is 0 Å². The lowest BCUT2D eigenvalue weighted by atomic mass is 10.1. The van der Waals surface area contributed by atoms with Crippen LogP contribution < -0.4 is 10.2 Å². The maximum absolute atomic E-state index is 13.2. The molecule has 1 aliphatic rings. The van der Waals surface area contributed by atoms with Crippen LogP contribution in [0.15, 0.2) is 48.5 Å². The Morgan fingerprint density at radius 1 is 1.09 bits per heavy atom. The number of amides is 2. The Kier molecular flexibility index (Phi) is 7.50. The van der Waals surface area contributed by atoms with Gasteiger partial charge in [-0.15, -0.1) is 0 Å². The standard InChI is InChI=1S/C26H34N2O5Si/c1-26(2,3)34(4,5)33-22-13-9-12-19-20(22)16-28(25(19)31)21(24(27)30)14-15-23(29)32-17-18-10-7-6-8-11-18/h6-13,21H,14-17H2,1-5H3,(H2,27,30). The highest BCUT2D eigenvalue weighted by Gasteiger charge is 2.42. The number of benzene rings is 2. The number of primary amides is 1. The van der Waals surface area contributed by atoms with Crippen molar-refractivity contribution in [3.05, 3.63) is 65.2 Å². The van der Waals surface area contributed by atoms with Crippen molar-refractivity contribution in [2.75, 3.05) is 0 Å². The van der Waals surface area contributed by atoms with Crippen LogP contribution in [0.3, 0.4) is 0 Å². The second kappa shape index (κ2) is 10.0. The predicted octanol–water partition coefficient (Wildman–Crippen LogP) is 4.40. The summed E-state index contributed by atoms with van der Waals surface area (Å²) in [7, 11) is -2.13. The van der Waals surface area contributed by atoms with E-state index in [4.69, 9.17) is 14.9 Å². The van der Waals surface area contributed by atoms with E-state index in [2.05, 4.69) is 33.9 Å². The molecule has 0 bridgehead atoms. The third-order valence-electron chi connectivity index (χ3n) is 6.69. The number of carbonyl (C=O) groups excluding carboxylic acids is 3. The van der Waals surface area contributed by atoms with Crippen LogP contribution in [0.2, 0.25) is 18.1 Å². The van der Waals surface area contributed by atoms with Crippen LogP contribution in [0.25, 0.3) is 0 Å². The molecule has 0 saturated heterocycles. The Balaban J connectivity index is 1.70. The Labute approximate surface area is 202 Å². The highest BCUT2D eigenvalue weighted by Crippen LogP contribution is 2.40. The molecule has 2 N–H and O–H groups in total. The lowest BCUT2D eigenvalue weighted by Gasteiger charge is -2.37. The Hall–Kier alpha value is -3.13. The summed E-state index contributed by atoms with van der Waals surface area (Å²) in [5.74, 6) is -0.701. The van der Waals surface area contributed by atoms with E-state index in [1.807, 2.05) is 36.4 Å². The summed E-state index contributed by atoms with van der Waals surface area (Å²) in [6.45, 7) is 11.1. The largest absolute Gasteiger partial charge is 0.543 e. The number of fused-ring (bicyclic) bond motifs is 1. The summed E-state index contributed by atoms with van der Waals surface area (Å²) in [6, 6.07) is 13.8. The summed E-state index contributed by atoms with van der Waals surface area (Å²) in [5.41, 5.74) is 7.80. The summed E-state index contributed by atoms with van der Waals surface area (Å²) < 4.78 is 11.8. The van der Waals surface area contributed by atoms with Gasteiger partial charge in [0.1, 0.15) is 18.4 Å². The molecule has 1 unspecified atom stereocenters.